The zero-order chi connectivity index (χ0) is 22.5. The lowest BCUT2D eigenvalue weighted by Crippen LogP contribution is -2.27. The summed E-state index contributed by atoms with van der Waals surface area (Å²) in [4.78, 5) is 37.9. The number of carbonyl (C=O) groups is 3. The maximum absolute atomic E-state index is 12.8. The standard InChI is InChI=1S/C21H17Cl2NO6S/c1-3-29-16-8-12(15(23)10-17(16)30-11-19(25)28-2)9-18-20(26)24(21(27)31-18)14-6-4-13(22)5-7-14/h4-10H,3,11H2,1-2H3. The molecule has 0 N–H and O–H groups in total. The largest absolute Gasteiger partial charge is 0.490 e. The molecular weight excluding hydrogens is 465 g/mol. The summed E-state index contributed by atoms with van der Waals surface area (Å²) in [7, 11) is 1.25. The molecule has 2 aromatic rings. The van der Waals surface area contributed by atoms with Crippen LogP contribution in [0.2, 0.25) is 10.0 Å². The minimum atomic E-state index is -0.557. The van der Waals surface area contributed by atoms with Gasteiger partial charge in [-0.15, -0.1) is 0 Å². The number of hydrogen-bond donors (Lipinski definition) is 0. The van der Waals surface area contributed by atoms with Gasteiger partial charge in [0.15, 0.2) is 18.1 Å². The van der Waals surface area contributed by atoms with Crippen molar-refractivity contribution in [1.29, 1.82) is 0 Å². The first-order valence-corrected chi connectivity index (χ1v) is 10.6. The summed E-state index contributed by atoms with van der Waals surface area (Å²) >= 11 is 13.0. The lowest BCUT2D eigenvalue weighted by atomic mass is 10.1. The predicted octanol–water partition coefficient (Wildman–Crippen LogP) is 5.18. The van der Waals surface area contributed by atoms with Gasteiger partial charge in [0.25, 0.3) is 11.1 Å². The number of anilines is 1. The molecule has 1 aliphatic rings. The maximum atomic E-state index is 12.8. The van der Waals surface area contributed by atoms with Crippen LogP contribution in [0.5, 0.6) is 11.5 Å². The first kappa shape index (κ1) is 23.0. The molecule has 0 aliphatic carbocycles. The number of carbonyl (C=O) groups excluding carboxylic acids is 3. The van der Waals surface area contributed by atoms with Crippen molar-refractivity contribution in [2.24, 2.45) is 0 Å². The van der Waals surface area contributed by atoms with Crippen molar-refractivity contribution >= 4 is 63.8 Å². The van der Waals surface area contributed by atoms with Gasteiger partial charge in [-0.2, -0.15) is 0 Å². The molecule has 0 bridgehead atoms. The molecule has 31 heavy (non-hydrogen) atoms. The summed E-state index contributed by atoms with van der Waals surface area (Å²) in [6.07, 6.45) is 1.51. The zero-order valence-electron chi connectivity index (χ0n) is 16.5. The molecule has 0 atom stereocenters. The van der Waals surface area contributed by atoms with Crippen LogP contribution in [0.25, 0.3) is 6.08 Å². The number of amides is 2. The summed E-state index contributed by atoms with van der Waals surface area (Å²) < 4.78 is 15.5. The molecule has 1 aliphatic heterocycles. The van der Waals surface area contributed by atoms with E-state index >= 15 is 0 Å². The Morgan fingerprint density at radius 2 is 1.77 bits per heavy atom. The molecular formula is C21H17Cl2NO6S. The van der Waals surface area contributed by atoms with E-state index in [0.717, 1.165) is 16.7 Å². The van der Waals surface area contributed by atoms with E-state index in [1.165, 1.54) is 19.3 Å². The lowest BCUT2D eigenvalue weighted by molar-refractivity contribution is -0.142. The van der Waals surface area contributed by atoms with Crippen LogP contribution in [0.4, 0.5) is 10.5 Å². The second-order valence-corrected chi connectivity index (χ2v) is 7.95. The third-order valence-corrected chi connectivity index (χ3v) is 5.55. The minimum absolute atomic E-state index is 0.201. The summed E-state index contributed by atoms with van der Waals surface area (Å²) in [5, 5.41) is 0.315. The second kappa shape index (κ2) is 10.1. The highest BCUT2D eigenvalue weighted by molar-refractivity contribution is 8.19. The maximum Gasteiger partial charge on any atom is 0.343 e. The van der Waals surface area contributed by atoms with Gasteiger partial charge >= 0.3 is 5.97 Å². The Morgan fingerprint density at radius 3 is 2.42 bits per heavy atom. The van der Waals surface area contributed by atoms with Crippen LogP contribution in [0.3, 0.4) is 0 Å². The number of esters is 1. The van der Waals surface area contributed by atoms with Gasteiger partial charge in [-0.1, -0.05) is 23.2 Å². The number of nitrogens with zero attached hydrogens (tertiary/aromatic N) is 1. The molecule has 1 heterocycles. The highest BCUT2D eigenvalue weighted by Crippen LogP contribution is 2.39. The van der Waals surface area contributed by atoms with Crippen LogP contribution in [0.15, 0.2) is 41.3 Å². The van der Waals surface area contributed by atoms with Crippen molar-refractivity contribution in [2.75, 3.05) is 25.2 Å². The molecule has 10 heteroatoms. The van der Waals surface area contributed by atoms with Gasteiger partial charge in [0.05, 0.1) is 29.3 Å². The number of ether oxygens (including phenoxy) is 3. The summed E-state index contributed by atoms with van der Waals surface area (Å²) in [5.41, 5.74) is 0.875. The van der Waals surface area contributed by atoms with E-state index in [4.69, 9.17) is 32.7 Å². The Bertz CT molecular complexity index is 1050. The van der Waals surface area contributed by atoms with Crippen molar-refractivity contribution in [3.05, 3.63) is 56.9 Å². The van der Waals surface area contributed by atoms with Crippen LogP contribution in [0.1, 0.15) is 12.5 Å². The molecule has 1 fully saturated rings. The SMILES string of the molecule is CCOc1cc(C=C2SC(=O)N(c3ccc(Cl)cc3)C2=O)c(Cl)cc1OCC(=O)OC. The molecule has 1 saturated heterocycles. The van der Waals surface area contributed by atoms with E-state index < -0.39 is 17.1 Å². The summed E-state index contributed by atoms with van der Waals surface area (Å²) in [5.74, 6) is -0.446. The normalized spacial score (nSPS) is 14.8. The van der Waals surface area contributed by atoms with Crippen LogP contribution >= 0.6 is 35.0 Å². The van der Waals surface area contributed by atoms with Gasteiger partial charge in [0.1, 0.15) is 0 Å². The van der Waals surface area contributed by atoms with Crippen molar-refractivity contribution < 1.29 is 28.6 Å². The summed E-state index contributed by atoms with van der Waals surface area (Å²) in [6, 6.07) is 9.44. The zero-order valence-corrected chi connectivity index (χ0v) is 18.8. The van der Waals surface area contributed by atoms with Gasteiger partial charge in [0.2, 0.25) is 0 Å². The average Bonchev–Trinajstić information content (AvgIpc) is 3.02. The predicted molar refractivity (Wildman–Crippen MR) is 120 cm³/mol. The monoisotopic (exact) mass is 481 g/mol. The number of benzene rings is 2. The van der Waals surface area contributed by atoms with E-state index in [2.05, 4.69) is 4.74 Å². The number of rotatable bonds is 7. The van der Waals surface area contributed by atoms with E-state index in [1.54, 1.807) is 37.3 Å². The fraction of sp³-hybridized carbons (Fsp3) is 0.190. The fourth-order valence-corrected chi connectivity index (χ4v) is 3.83. The van der Waals surface area contributed by atoms with Crippen LogP contribution in [0, 0.1) is 0 Å². The molecule has 0 unspecified atom stereocenters. The number of thioether (sulfide) groups is 1. The van der Waals surface area contributed by atoms with Crippen molar-refractivity contribution in [3.8, 4) is 11.5 Å². The topological polar surface area (TPSA) is 82.1 Å². The highest BCUT2D eigenvalue weighted by Gasteiger charge is 2.36. The second-order valence-electron chi connectivity index (χ2n) is 6.11. The van der Waals surface area contributed by atoms with E-state index in [-0.39, 0.29) is 22.3 Å². The Morgan fingerprint density at radius 1 is 1.10 bits per heavy atom. The fourth-order valence-electron chi connectivity index (χ4n) is 2.66. The quantitative estimate of drug-likeness (QED) is 0.397. The van der Waals surface area contributed by atoms with Crippen molar-refractivity contribution in [3.63, 3.8) is 0 Å². The number of halogens is 2. The first-order valence-electron chi connectivity index (χ1n) is 9.03. The van der Waals surface area contributed by atoms with Crippen LogP contribution < -0.4 is 14.4 Å². The van der Waals surface area contributed by atoms with Gasteiger partial charge in [-0.05, 0) is 60.7 Å². The van der Waals surface area contributed by atoms with Gasteiger partial charge in [0, 0.05) is 11.1 Å². The number of methoxy groups -OCH3 is 1. The lowest BCUT2D eigenvalue weighted by Gasteiger charge is -2.13. The van der Waals surface area contributed by atoms with Crippen molar-refractivity contribution in [2.45, 2.75) is 6.92 Å². The third kappa shape index (κ3) is 5.33. The first-order chi connectivity index (χ1) is 14.8. The Labute approximate surface area is 192 Å². The molecule has 0 aromatic heterocycles. The van der Waals surface area contributed by atoms with Gasteiger partial charge < -0.3 is 14.2 Å². The molecule has 2 aromatic carbocycles. The number of imide groups is 1. The highest BCUT2D eigenvalue weighted by atomic mass is 35.5. The van der Waals surface area contributed by atoms with Crippen molar-refractivity contribution in [1.82, 2.24) is 0 Å². The molecule has 0 radical (unpaired) electrons. The average molecular weight is 482 g/mol. The van der Waals surface area contributed by atoms with E-state index in [0.29, 0.717) is 28.6 Å². The van der Waals surface area contributed by atoms with E-state index in [1.807, 2.05) is 0 Å². The molecule has 0 spiro atoms. The molecule has 2 amide bonds. The third-order valence-electron chi connectivity index (χ3n) is 4.10. The minimum Gasteiger partial charge on any atom is -0.490 e. The Balaban J connectivity index is 1.90. The smallest absolute Gasteiger partial charge is 0.343 e. The Kier molecular flexibility index (Phi) is 7.48. The van der Waals surface area contributed by atoms with Gasteiger partial charge in [-0.25, -0.2) is 9.69 Å². The number of hydrogen-bond acceptors (Lipinski definition) is 7. The van der Waals surface area contributed by atoms with Crippen LogP contribution in [-0.2, 0) is 14.3 Å². The molecule has 162 valence electrons. The van der Waals surface area contributed by atoms with Crippen LogP contribution in [-0.4, -0.2) is 37.4 Å². The van der Waals surface area contributed by atoms with E-state index in [9.17, 15) is 14.4 Å². The molecule has 3 rings (SSSR count). The molecule has 7 nitrogen and oxygen atoms in total. The molecule has 0 saturated carbocycles. The summed E-state index contributed by atoms with van der Waals surface area (Å²) in [6.45, 7) is 1.81. The van der Waals surface area contributed by atoms with Gasteiger partial charge in [-0.3, -0.25) is 9.59 Å². The Hall–Kier alpha value is -2.68.